The maximum atomic E-state index is 13.0. The number of hydrogen-bond donors (Lipinski definition) is 3. The molecule has 1 aliphatic rings. The van der Waals surface area contributed by atoms with Crippen molar-refractivity contribution in [2.75, 3.05) is 6.61 Å². The van der Waals surface area contributed by atoms with E-state index in [0.29, 0.717) is 17.5 Å². The minimum atomic E-state index is -1.43. The summed E-state index contributed by atoms with van der Waals surface area (Å²) in [6, 6.07) is 4.53. The van der Waals surface area contributed by atoms with E-state index in [1.807, 2.05) is 39.8 Å². The molecular formula is C25H28O6. The number of aliphatic hydroxyl groups excluding tert-OH is 1. The fourth-order valence-electron chi connectivity index (χ4n) is 3.55. The Balaban J connectivity index is 2.24. The number of aliphatic hydroxyl groups is 1. The number of phenolic OH excluding ortho intramolecular Hbond substituents is 2. The molecule has 3 N–H and O–H groups in total. The zero-order valence-corrected chi connectivity index (χ0v) is 18.4. The molecule has 0 fully saturated rings. The van der Waals surface area contributed by atoms with Crippen LogP contribution in [0.2, 0.25) is 0 Å². The van der Waals surface area contributed by atoms with Crippen molar-refractivity contribution in [3.8, 4) is 23.0 Å². The van der Waals surface area contributed by atoms with Crippen molar-refractivity contribution in [2.45, 2.75) is 47.1 Å². The van der Waals surface area contributed by atoms with Gasteiger partial charge in [-0.05, 0) is 70.4 Å². The van der Waals surface area contributed by atoms with Crippen molar-refractivity contribution in [1.82, 2.24) is 0 Å². The lowest BCUT2D eigenvalue weighted by Gasteiger charge is -2.20. The number of allylic oxidation sites excluding steroid dienone is 3. The second-order valence-electron chi connectivity index (χ2n) is 8.19. The first-order valence-electron chi connectivity index (χ1n) is 10.1. The molecule has 0 radical (unpaired) electrons. The van der Waals surface area contributed by atoms with Crippen LogP contribution in [0, 0.1) is 6.92 Å². The first kappa shape index (κ1) is 22.4. The lowest BCUT2D eigenvalue weighted by atomic mass is 9.91. The molecule has 0 saturated heterocycles. The quantitative estimate of drug-likeness (QED) is 0.360. The summed E-state index contributed by atoms with van der Waals surface area (Å²) < 4.78 is 11.5. The van der Waals surface area contributed by atoms with Gasteiger partial charge in [-0.3, -0.25) is 0 Å². The predicted molar refractivity (Wildman–Crippen MR) is 118 cm³/mol. The van der Waals surface area contributed by atoms with Crippen LogP contribution < -0.4 is 9.47 Å². The summed E-state index contributed by atoms with van der Waals surface area (Å²) in [6.45, 7) is 9.71. The third kappa shape index (κ3) is 4.44. The molecule has 1 atom stereocenters. The highest BCUT2D eigenvalue weighted by atomic mass is 16.5. The van der Waals surface area contributed by atoms with Crippen LogP contribution in [0.5, 0.6) is 23.0 Å². The van der Waals surface area contributed by atoms with E-state index in [0.717, 1.165) is 11.1 Å². The van der Waals surface area contributed by atoms with Gasteiger partial charge >= 0.3 is 5.97 Å². The van der Waals surface area contributed by atoms with Gasteiger partial charge in [-0.1, -0.05) is 23.3 Å². The van der Waals surface area contributed by atoms with Crippen molar-refractivity contribution in [3.63, 3.8) is 0 Å². The molecule has 0 unspecified atom stereocenters. The number of rotatable bonds is 5. The lowest BCUT2D eigenvalue weighted by Crippen LogP contribution is -2.13. The van der Waals surface area contributed by atoms with Crippen molar-refractivity contribution in [1.29, 1.82) is 0 Å². The molecule has 1 heterocycles. The molecule has 0 amide bonds. The Morgan fingerprint density at radius 3 is 2.39 bits per heavy atom. The van der Waals surface area contributed by atoms with Crippen LogP contribution in [0.3, 0.4) is 0 Å². The van der Waals surface area contributed by atoms with Gasteiger partial charge in [-0.25, -0.2) is 4.79 Å². The molecule has 2 aromatic carbocycles. The number of phenols is 2. The Hall–Kier alpha value is -3.25. The molecule has 0 bridgehead atoms. The van der Waals surface area contributed by atoms with Gasteiger partial charge in [-0.15, -0.1) is 0 Å². The molecule has 0 saturated carbocycles. The normalized spacial score (nSPS) is 14.6. The first-order valence-corrected chi connectivity index (χ1v) is 10.1. The van der Waals surface area contributed by atoms with Gasteiger partial charge in [-0.2, -0.15) is 0 Å². The number of benzene rings is 2. The summed E-state index contributed by atoms with van der Waals surface area (Å²) in [5, 5.41) is 32.4. The Bertz CT molecular complexity index is 1090. The molecular weight excluding hydrogens is 396 g/mol. The highest BCUT2D eigenvalue weighted by molar-refractivity contribution is 5.98. The van der Waals surface area contributed by atoms with Crippen molar-refractivity contribution in [2.24, 2.45) is 0 Å². The lowest BCUT2D eigenvalue weighted by molar-refractivity contribution is 0.0730. The molecule has 3 rings (SSSR count). The molecule has 31 heavy (non-hydrogen) atoms. The average molecular weight is 424 g/mol. The first-order chi connectivity index (χ1) is 14.6. The second kappa shape index (κ2) is 8.86. The Labute approximate surface area is 182 Å². The summed E-state index contributed by atoms with van der Waals surface area (Å²) in [5.41, 5.74) is 3.30. The van der Waals surface area contributed by atoms with Gasteiger partial charge in [0.25, 0.3) is 0 Å². The second-order valence-corrected chi connectivity index (χ2v) is 8.19. The van der Waals surface area contributed by atoms with Crippen molar-refractivity contribution < 1.29 is 29.6 Å². The van der Waals surface area contributed by atoms with Crippen molar-refractivity contribution in [3.05, 3.63) is 69.3 Å². The number of aryl methyl sites for hydroxylation is 1. The zero-order chi connectivity index (χ0) is 22.9. The topological polar surface area (TPSA) is 96.2 Å². The van der Waals surface area contributed by atoms with E-state index >= 15 is 0 Å². The van der Waals surface area contributed by atoms with E-state index < -0.39 is 12.1 Å². The van der Waals surface area contributed by atoms with E-state index in [2.05, 4.69) is 0 Å². The molecule has 164 valence electrons. The fourth-order valence-corrected chi connectivity index (χ4v) is 3.55. The molecule has 0 aromatic heterocycles. The number of fused-ring (bicyclic) bond motifs is 2. The van der Waals surface area contributed by atoms with Crippen LogP contribution in [0.25, 0.3) is 0 Å². The van der Waals surface area contributed by atoms with Crippen LogP contribution >= 0.6 is 0 Å². The third-order valence-electron chi connectivity index (χ3n) is 5.13. The number of carbonyl (C=O) groups excluding carboxylic acids is 1. The summed E-state index contributed by atoms with van der Waals surface area (Å²) in [7, 11) is 0. The molecule has 6 heteroatoms. The summed E-state index contributed by atoms with van der Waals surface area (Å²) in [5.74, 6) is -0.971. The van der Waals surface area contributed by atoms with E-state index in [4.69, 9.17) is 9.47 Å². The van der Waals surface area contributed by atoms with Gasteiger partial charge in [0.1, 0.15) is 41.3 Å². The fraction of sp³-hybridized carbons (Fsp3) is 0.320. The third-order valence-corrected chi connectivity index (χ3v) is 5.13. The minimum Gasteiger partial charge on any atom is -0.507 e. The van der Waals surface area contributed by atoms with Gasteiger partial charge in [0, 0.05) is 5.56 Å². The highest BCUT2D eigenvalue weighted by Crippen LogP contribution is 2.48. The van der Waals surface area contributed by atoms with Gasteiger partial charge in [0.2, 0.25) is 0 Å². The number of aromatic hydroxyl groups is 2. The molecule has 0 spiro atoms. The number of hydrogen-bond acceptors (Lipinski definition) is 6. The van der Waals surface area contributed by atoms with E-state index in [1.54, 1.807) is 13.0 Å². The van der Waals surface area contributed by atoms with Crippen LogP contribution in [0.1, 0.15) is 66.4 Å². The minimum absolute atomic E-state index is 0.0730. The smallest absolute Gasteiger partial charge is 0.347 e. The van der Waals surface area contributed by atoms with Crippen LogP contribution in [-0.4, -0.2) is 27.9 Å². The van der Waals surface area contributed by atoms with E-state index in [9.17, 15) is 20.1 Å². The molecule has 2 aromatic rings. The summed E-state index contributed by atoms with van der Waals surface area (Å²) in [6.07, 6.45) is 2.84. The molecule has 1 aliphatic heterocycles. The van der Waals surface area contributed by atoms with Crippen molar-refractivity contribution >= 4 is 5.97 Å². The summed E-state index contributed by atoms with van der Waals surface area (Å²) >= 11 is 0. The van der Waals surface area contributed by atoms with Gasteiger partial charge < -0.3 is 24.8 Å². The Morgan fingerprint density at radius 1 is 1.06 bits per heavy atom. The van der Waals surface area contributed by atoms with E-state index in [-0.39, 0.29) is 46.3 Å². The number of ether oxygens (including phenoxy) is 2. The number of esters is 1. The number of carbonyl (C=O) groups is 1. The van der Waals surface area contributed by atoms with Gasteiger partial charge in [0.15, 0.2) is 0 Å². The maximum absolute atomic E-state index is 13.0. The SMILES string of the molecule is CC(C)=CCOc1c(C)cc(O)c2c1[C@@H](O)c1c(O)ccc(CC=C(C)C)c1OC2=O. The predicted octanol–water partition coefficient (Wildman–Crippen LogP) is 4.87. The van der Waals surface area contributed by atoms with Crippen LogP contribution in [-0.2, 0) is 6.42 Å². The molecule has 6 nitrogen and oxygen atoms in total. The average Bonchev–Trinajstić information content (AvgIpc) is 2.78. The van der Waals surface area contributed by atoms with Gasteiger partial charge in [0.05, 0.1) is 5.56 Å². The Kier molecular flexibility index (Phi) is 6.41. The monoisotopic (exact) mass is 424 g/mol. The Morgan fingerprint density at radius 2 is 1.74 bits per heavy atom. The zero-order valence-electron chi connectivity index (χ0n) is 18.4. The maximum Gasteiger partial charge on any atom is 0.347 e. The largest absolute Gasteiger partial charge is 0.507 e. The van der Waals surface area contributed by atoms with Crippen LogP contribution in [0.15, 0.2) is 41.5 Å². The molecule has 0 aliphatic carbocycles. The van der Waals surface area contributed by atoms with Crippen LogP contribution in [0.4, 0.5) is 0 Å². The highest BCUT2D eigenvalue weighted by Gasteiger charge is 2.37. The standard InChI is InChI=1S/C25H28O6/c1-13(2)6-7-16-8-9-17(26)20-22(28)21-19(25(29)31-24(16)20)18(27)12-15(5)23(21)30-11-10-14(3)4/h6,8-10,12,22,26-28H,7,11H2,1-5H3/t22-/m0/s1. The summed E-state index contributed by atoms with van der Waals surface area (Å²) in [4.78, 5) is 13.0. The van der Waals surface area contributed by atoms with E-state index in [1.165, 1.54) is 12.1 Å².